The molecular weight excluding hydrogens is 200 g/mol. The molecule has 2 rings (SSSR count). The maximum Gasteiger partial charge on any atom is 0.151 e. The molecule has 1 aromatic rings. The Balaban J connectivity index is 2.26. The highest BCUT2D eigenvalue weighted by atomic mass is 15.2. The summed E-state index contributed by atoms with van der Waals surface area (Å²) in [5.41, 5.74) is 6.63. The normalized spacial score (nSPS) is 21.9. The van der Waals surface area contributed by atoms with E-state index in [2.05, 4.69) is 21.8 Å². The van der Waals surface area contributed by atoms with Crippen LogP contribution >= 0.6 is 0 Å². The number of aromatic nitrogens is 2. The number of nitrogens with two attached hydrogens (primary N) is 1. The fourth-order valence-corrected chi connectivity index (χ4v) is 2.33. The molecular formula is C12H20N4. The SMILES string of the molecule is CC1CCCCCN1c1nccnc1CN. The Kier molecular flexibility index (Phi) is 3.72. The van der Waals surface area contributed by atoms with Crippen molar-refractivity contribution in [3.8, 4) is 0 Å². The number of hydrogen-bond acceptors (Lipinski definition) is 4. The van der Waals surface area contributed by atoms with Gasteiger partial charge in [0.05, 0.1) is 5.69 Å². The summed E-state index contributed by atoms with van der Waals surface area (Å²) in [5.74, 6) is 0.986. The molecule has 0 bridgehead atoms. The summed E-state index contributed by atoms with van der Waals surface area (Å²) in [6.45, 7) is 3.81. The van der Waals surface area contributed by atoms with E-state index in [4.69, 9.17) is 5.73 Å². The lowest BCUT2D eigenvalue weighted by atomic mass is 10.1. The molecule has 4 heteroatoms. The highest BCUT2D eigenvalue weighted by Crippen LogP contribution is 2.23. The molecule has 16 heavy (non-hydrogen) atoms. The second kappa shape index (κ2) is 5.25. The fraction of sp³-hybridized carbons (Fsp3) is 0.667. The van der Waals surface area contributed by atoms with Gasteiger partial charge in [0, 0.05) is 31.5 Å². The minimum atomic E-state index is 0.465. The van der Waals surface area contributed by atoms with Crippen molar-refractivity contribution >= 4 is 5.82 Å². The molecule has 1 unspecified atom stereocenters. The molecule has 1 aliphatic rings. The number of anilines is 1. The minimum Gasteiger partial charge on any atom is -0.352 e. The molecule has 0 spiro atoms. The van der Waals surface area contributed by atoms with Crippen LogP contribution in [0.15, 0.2) is 12.4 Å². The monoisotopic (exact) mass is 220 g/mol. The predicted octanol–water partition coefficient (Wildman–Crippen LogP) is 1.70. The molecule has 4 nitrogen and oxygen atoms in total. The van der Waals surface area contributed by atoms with E-state index in [-0.39, 0.29) is 0 Å². The van der Waals surface area contributed by atoms with Gasteiger partial charge >= 0.3 is 0 Å². The fourth-order valence-electron chi connectivity index (χ4n) is 2.33. The van der Waals surface area contributed by atoms with Gasteiger partial charge in [0.1, 0.15) is 0 Å². The van der Waals surface area contributed by atoms with E-state index in [9.17, 15) is 0 Å². The Hall–Kier alpha value is -1.16. The van der Waals surface area contributed by atoms with Crippen molar-refractivity contribution in [3.05, 3.63) is 18.1 Å². The third-order valence-corrected chi connectivity index (χ3v) is 3.27. The summed E-state index contributed by atoms with van der Waals surface area (Å²) < 4.78 is 0. The van der Waals surface area contributed by atoms with Crippen LogP contribution < -0.4 is 10.6 Å². The molecule has 2 heterocycles. The largest absolute Gasteiger partial charge is 0.352 e. The van der Waals surface area contributed by atoms with Crippen LogP contribution in [0.3, 0.4) is 0 Å². The van der Waals surface area contributed by atoms with Gasteiger partial charge < -0.3 is 10.6 Å². The highest BCUT2D eigenvalue weighted by Gasteiger charge is 2.20. The Labute approximate surface area is 96.9 Å². The van der Waals surface area contributed by atoms with E-state index in [1.807, 2.05) is 0 Å². The predicted molar refractivity (Wildman–Crippen MR) is 65.2 cm³/mol. The van der Waals surface area contributed by atoms with E-state index in [1.165, 1.54) is 25.7 Å². The zero-order valence-electron chi connectivity index (χ0n) is 9.89. The van der Waals surface area contributed by atoms with Gasteiger partial charge in [-0.3, -0.25) is 4.98 Å². The van der Waals surface area contributed by atoms with Gasteiger partial charge in [-0.1, -0.05) is 12.8 Å². The van der Waals surface area contributed by atoms with Crippen LogP contribution in [0.1, 0.15) is 38.3 Å². The molecule has 0 saturated carbocycles. The van der Waals surface area contributed by atoms with E-state index in [0.717, 1.165) is 18.1 Å². The van der Waals surface area contributed by atoms with E-state index in [1.54, 1.807) is 12.4 Å². The van der Waals surface area contributed by atoms with Gasteiger partial charge in [-0.15, -0.1) is 0 Å². The summed E-state index contributed by atoms with van der Waals surface area (Å²) in [5, 5.41) is 0. The summed E-state index contributed by atoms with van der Waals surface area (Å²) in [7, 11) is 0. The number of rotatable bonds is 2. The van der Waals surface area contributed by atoms with Crippen molar-refractivity contribution < 1.29 is 0 Å². The van der Waals surface area contributed by atoms with Gasteiger partial charge in [-0.25, -0.2) is 4.98 Å². The van der Waals surface area contributed by atoms with Crippen LogP contribution in [0.5, 0.6) is 0 Å². The lowest BCUT2D eigenvalue weighted by molar-refractivity contribution is 0.607. The van der Waals surface area contributed by atoms with Crippen LogP contribution in [-0.4, -0.2) is 22.6 Å². The first-order valence-corrected chi connectivity index (χ1v) is 6.09. The topological polar surface area (TPSA) is 55.0 Å². The van der Waals surface area contributed by atoms with E-state index >= 15 is 0 Å². The highest BCUT2D eigenvalue weighted by molar-refractivity contribution is 5.44. The molecule has 1 fully saturated rings. The summed E-state index contributed by atoms with van der Waals surface area (Å²) in [4.78, 5) is 11.1. The van der Waals surface area contributed by atoms with E-state index in [0.29, 0.717) is 12.6 Å². The van der Waals surface area contributed by atoms with Crippen LogP contribution in [-0.2, 0) is 6.54 Å². The molecule has 2 N–H and O–H groups in total. The Morgan fingerprint density at radius 3 is 2.94 bits per heavy atom. The van der Waals surface area contributed by atoms with Crippen molar-refractivity contribution in [2.75, 3.05) is 11.4 Å². The van der Waals surface area contributed by atoms with Crippen LogP contribution in [0.25, 0.3) is 0 Å². The molecule has 1 atom stereocenters. The second-order valence-electron chi connectivity index (χ2n) is 4.42. The minimum absolute atomic E-state index is 0.465. The Morgan fingerprint density at radius 1 is 1.31 bits per heavy atom. The van der Waals surface area contributed by atoms with Crippen molar-refractivity contribution in [2.24, 2.45) is 5.73 Å². The number of hydrogen-bond donors (Lipinski definition) is 1. The molecule has 0 radical (unpaired) electrons. The van der Waals surface area contributed by atoms with Crippen LogP contribution in [0.2, 0.25) is 0 Å². The average Bonchev–Trinajstić information content (AvgIpc) is 2.54. The van der Waals surface area contributed by atoms with Crippen LogP contribution in [0, 0.1) is 0 Å². The zero-order valence-corrected chi connectivity index (χ0v) is 9.89. The number of nitrogens with zero attached hydrogens (tertiary/aromatic N) is 3. The maximum absolute atomic E-state index is 5.71. The van der Waals surface area contributed by atoms with Crippen molar-refractivity contribution in [1.29, 1.82) is 0 Å². The quantitative estimate of drug-likeness (QED) is 0.824. The van der Waals surface area contributed by atoms with Crippen molar-refractivity contribution in [2.45, 2.75) is 45.2 Å². The summed E-state index contributed by atoms with van der Waals surface area (Å²) >= 11 is 0. The molecule has 88 valence electrons. The molecule has 0 amide bonds. The first kappa shape index (κ1) is 11.3. The molecule has 1 aliphatic heterocycles. The van der Waals surface area contributed by atoms with Gasteiger partial charge in [0.15, 0.2) is 5.82 Å². The Bertz CT molecular complexity index is 340. The zero-order chi connectivity index (χ0) is 11.4. The van der Waals surface area contributed by atoms with E-state index < -0.39 is 0 Å². The lowest BCUT2D eigenvalue weighted by Crippen LogP contribution is -2.34. The van der Waals surface area contributed by atoms with Gasteiger partial charge in [-0.05, 0) is 19.8 Å². The van der Waals surface area contributed by atoms with Crippen molar-refractivity contribution in [3.63, 3.8) is 0 Å². The van der Waals surface area contributed by atoms with Crippen molar-refractivity contribution in [1.82, 2.24) is 9.97 Å². The van der Waals surface area contributed by atoms with Gasteiger partial charge in [-0.2, -0.15) is 0 Å². The molecule has 1 aromatic heterocycles. The Morgan fingerprint density at radius 2 is 2.12 bits per heavy atom. The van der Waals surface area contributed by atoms with Crippen LogP contribution in [0.4, 0.5) is 5.82 Å². The summed E-state index contributed by atoms with van der Waals surface area (Å²) in [6, 6.07) is 0.546. The summed E-state index contributed by atoms with van der Waals surface area (Å²) in [6.07, 6.45) is 8.58. The molecule has 0 aliphatic carbocycles. The van der Waals surface area contributed by atoms with Gasteiger partial charge in [0.2, 0.25) is 0 Å². The first-order valence-electron chi connectivity index (χ1n) is 6.09. The maximum atomic E-state index is 5.71. The van der Waals surface area contributed by atoms with Gasteiger partial charge in [0.25, 0.3) is 0 Å². The smallest absolute Gasteiger partial charge is 0.151 e. The lowest BCUT2D eigenvalue weighted by Gasteiger charge is -2.29. The molecule has 1 saturated heterocycles. The third kappa shape index (κ3) is 2.32. The standard InChI is InChI=1S/C12H20N4/c1-10-5-3-2-4-8-16(10)12-11(9-13)14-6-7-15-12/h6-7,10H,2-5,8-9,13H2,1H3. The first-order chi connectivity index (χ1) is 7.83. The second-order valence-corrected chi connectivity index (χ2v) is 4.42. The molecule has 0 aromatic carbocycles. The third-order valence-electron chi connectivity index (χ3n) is 3.27. The average molecular weight is 220 g/mol.